The van der Waals surface area contributed by atoms with Crippen molar-refractivity contribution in [3.63, 3.8) is 0 Å². The molecule has 3 nitrogen and oxygen atoms in total. The van der Waals surface area contributed by atoms with Crippen LogP contribution < -0.4 is 9.47 Å². The fourth-order valence-electron chi connectivity index (χ4n) is 2.02. The Labute approximate surface area is 125 Å². The molecule has 2 rings (SSSR count). The van der Waals surface area contributed by atoms with Crippen molar-refractivity contribution in [2.45, 2.75) is 6.92 Å². The summed E-state index contributed by atoms with van der Waals surface area (Å²) in [7, 11) is 3.22. The molecule has 0 unspecified atom stereocenters. The number of ether oxygens (including phenoxy) is 2. The first-order chi connectivity index (χ1) is 10.2. The predicted octanol–water partition coefficient (Wildman–Crippen LogP) is 4.08. The lowest BCUT2D eigenvalue weighted by Crippen LogP contribution is -1.90. The number of hydrogen-bond donors (Lipinski definition) is 0. The van der Waals surface area contributed by atoms with E-state index in [0.717, 1.165) is 22.4 Å². The van der Waals surface area contributed by atoms with Crippen LogP contribution in [0, 0.1) is 18.3 Å². The van der Waals surface area contributed by atoms with Gasteiger partial charge in [-0.05, 0) is 36.8 Å². The number of aryl methyl sites for hydroxylation is 1. The van der Waals surface area contributed by atoms with Gasteiger partial charge in [-0.25, -0.2) is 0 Å². The van der Waals surface area contributed by atoms with Gasteiger partial charge < -0.3 is 9.47 Å². The summed E-state index contributed by atoms with van der Waals surface area (Å²) in [5, 5.41) is 9.41. The molecule has 2 aromatic rings. The molecule has 0 aromatic heterocycles. The average molecular weight is 279 g/mol. The second-order valence-corrected chi connectivity index (χ2v) is 4.64. The van der Waals surface area contributed by atoms with E-state index >= 15 is 0 Å². The standard InChI is InChI=1S/C18H17NO2/c1-13-4-6-14(7-5-13)16(12-19)10-15-11-17(20-2)8-9-18(15)21-3/h4-11H,1-3H3/b16-10+. The lowest BCUT2D eigenvalue weighted by molar-refractivity contribution is 0.402. The normalized spacial score (nSPS) is 10.9. The van der Waals surface area contributed by atoms with Crippen LogP contribution >= 0.6 is 0 Å². The molecule has 106 valence electrons. The zero-order valence-electron chi connectivity index (χ0n) is 12.4. The molecule has 0 N–H and O–H groups in total. The van der Waals surface area contributed by atoms with E-state index in [9.17, 15) is 5.26 Å². The zero-order chi connectivity index (χ0) is 15.2. The van der Waals surface area contributed by atoms with Crippen molar-refractivity contribution in [2.24, 2.45) is 0 Å². The highest BCUT2D eigenvalue weighted by molar-refractivity contribution is 5.90. The monoisotopic (exact) mass is 279 g/mol. The van der Waals surface area contributed by atoms with Gasteiger partial charge in [-0.3, -0.25) is 0 Å². The van der Waals surface area contributed by atoms with Crippen LogP contribution in [0.3, 0.4) is 0 Å². The fourth-order valence-corrected chi connectivity index (χ4v) is 2.02. The van der Waals surface area contributed by atoms with E-state index in [1.807, 2.05) is 55.5 Å². The molecule has 0 amide bonds. The summed E-state index contributed by atoms with van der Waals surface area (Å²) in [5.74, 6) is 1.43. The third kappa shape index (κ3) is 3.43. The quantitative estimate of drug-likeness (QED) is 0.625. The Hall–Kier alpha value is -2.73. The van der Waals surface area contributed by atoms with Crippen molar-refractivity contribution in [3.05, 3.63) is 59.2 Å². The predicted molar refractivity (Wildman–Crippen MR) is 84.2 cm³/mol. The van der Waals surface area contributed by atoms with Crippen molar-refractivity contribution in [1.82, 2.24) is 0 Å². The van der Waals surface area contributed by atoms with Crippen molar-refractivity contribution >= 4 is 11.6 Å². The Morgan fingerprint density at radius 1 is 1.05 bits per heavy atom. The van der Waals surface area contributed by atoms with Crippen LogP contribution in [0.5, 0.6) is 11.5 Å². The van der Waals surface area contributed by atoms with Gasteiger partial charge in [0, 0.05) is 5.56 Å². The number of rotatable bonds is 4. The van der Waals surface area contributed by atoms with E-state index in [1.54, 1.807) is 14.2 Å². The molecule has 0 radical (unpaired) electrons. The molecule has 0 fully saturated rings. The van der Waals surface area contributed by atoms with Crippen LogP contribution in [0.1, 0.15) is 16.7 Å². The minimum absolute atomic E-state index is 0.585. The summed E-state index contributed by atoms with van der Waals surface area (Å²) >= 11 is 0. The first kappa shape index (κ1) is 14.7. The van der Waals surface area contributed by atoms with E-state index in [-0.39, 0.29) is 0 Å². The first-order valence-electron chi connectivity index (χ1n) is 6.59. The maximum absolute atomic E-state index is 9.41. The van der Waals surface area contributed by atoms with Crippen LogP contribution in [0.2, 0.25) is 0 Å². The third-order valence-electron chi connectivity index (χ3n) is 3.22. The van der Waals surface area contributed by atoms with Gasteiger partial charge in [0.1, 0.15) is 11.5 Å². The molecule has 0 atom stereocenters. The molecule has 0 heterocycles. The second kappa shape index (κ2) is 6.62. The molecular formula is C18H17NO2. The highest BCUT2D eigenvalue weighted by atomic mass is 16.5. The Morgan fingerprint density at radius 3 is 2.33 bits per heavy atom. The van der Waals surface area contributed by atoms with Gasteiger partial charge in [-0.15, -0.1) is 0 Å². The number of allylic oxidation sites excluding steroid dienone is 1. The van der Waals surface area contributed by atoms with E-state index < -0.39 is 0 Å². The smallest absolute Gasteiger partial charge is 0.126 e. The van der Waals surface area contributed by atoms with Gasteiger partial charge in [0.2, 0.25) is 0 Å². The Balaban J connectivity index is 2.49. The van der Waals surface area contributed by atoms with Gasteiger partial charge in [0.25, 0.3) is 0 Å². The molecule has 21 heavy (non-hydrogen) atoms. The molecule has 0 aliphatic rings. The third-order valence-corrected chi connectivity index (χ3v) is 3.22. The molecule has 0 aliphatic heterocycles. The number of methoxy groups -OCH3 is 2. The average Bonchev–Trinajstić information content (AvgIpc) is 2.53. The first-order valence-corrected chi connectivity index (χ1v) is 6.59. The summed E-state index contributed by atoms with van der Waals surface area (Å²) in [4.78, 5) is 0. The van der Waals surface area contributed by atoms with Crippen molar-refractivity contribution in [2.75, 3.05) is 14.2 Å². The highest BCUT2D eigenvalue weighted by Crippen LogP contribution is 2.28. The summed E-state index contributed by atoms with van der Waals surface area (Å²) in [6.07, 6.45) is 1.81. The minimum atomic E-state index is 0.585. The largest absolute Gasteiger partial charge is 0.497 e. The Bertz CT molecular complexity index is 694. The lowest BCUT2D eigenvalue weighted by atomic mass is 10.0. The zero-order valence-corrected chi connectivity index (χ0v) is 12.4. The van der Waals surface area contributed by atoms with Crippen molar-refractivity contribution in [1.29, 1.82) is 5.26 Å². The van der Waals surface area contributed by atoms with Crippen LogP contribution in [-0.4, -0.2) is 14.2 Å². The van der Waals surface area contributed by atoms with E-state index in [0.29, 0.717) is 11.3 Å². The van der Waals surface area contributed by atoms with Gasteiger partial charge >= 0.3 is 0 Å². The SMILES string of the molecule is COc1ccc(OC)c(/C=C(\C#N)c2ccc(C)cc2)c1. The highest BCUT2D eigenvalue weighted by Gasteiger charge is 2.06. The summed E-state index contributed by atoms with van der Waals surface area (Å²) < 4.78 is 10.6. The van der Waals surface area contributed by atoms with Gasteiger partial charge in [-0.2, -0.15) is 5.26 Å². The number of benzene rings is 2. The Morgan fingerprint density at radius 2 is 1.76 bits per heavy atom. The maximum atomic E-state index is 9.41. The summed E-state index contributed by atoms with van der Waals surface area (Å²) in [6.45, 7) is 2.02. The van der Waals surface area contributed by atoms with Crippen LogP contribution in [0.4, 0.5) is 0 Å². The number of hydrogen-bond acceptors (Lipinski definition) is 3. The summed E-state index contributed by atoms with van der Waals surface area (Å²) in [6, 6.07) is 15.6. The number of nitrogens with zero attached hydrogens (tertiary/aromatic N) is 1. The molecular weight excluding hydrogens is 262 g/mol. The van der Waals surface area contributed by atoms with Gasteiger partial charge in [-0.1, -0.05) is 29.8 Å². The molecule has 0 saturated carbocycles. The topological polar surface area (TPSA) is 42.2 Å². The van der Waals surface area contributed by atoms with Crippen LogP contribution in [0.25, 0.3) is 11.6 Å². The van der Waals surface area contributed by atoms with Gasteiger partial charge in [0.05, 0.1) is 25.9 Å². The molecule has 0 saturated heterocycles. The van der Waals surface area contributed by atoms with Crippen molar-refractivity contribution in [3.8, 4) is 17.6 Å². The van der Waals surface area contributed by atoms with E-state index in [4.69, 9.17) is 9.47 Å². The van der Waals surface area contributed by atoms with E-state index in [1.165, 1.54) is 0 Å². The molecule has 3 heteroatoms. The molecule has 2 aromatic carbocycles. The van der Waals surface area contributed by atoms with Crippen molar-refractivity contribution < 1.29 is 9.47 Å². The van der Waals surface area contributed by atoms with Crippen LogP contribution in [0.15, 0.2) is 42.5 Å². The minimum Gasteiger partial charge on any atom is -0.497 e. The number of nitriles is 1. The molecule has 0 bridgehead atoms. The Kier molecular flexibility index (Phi) is 4.63. The maximum Gasteiger partial charge on any atom is 0.126 e. The van der Waals surface area contributed by atoms with E-state index in [2.05, 4.69) is 6.07 Å². The lowest BCUT2D eigenvalue weighted by Gasteiger charge is -2.08. The second-order valence-electron chi connectivity index (χ2n) is 4.64. The van der Waals surface area contributed by atoms with Crippen LogP contribution in [-0.2, 0) is 0 Å². The fraction of sp³-hybridized carbons (Fsp3) is 0.167. The van der Waals surface area contributed by atoms with Gasteiger partial charge in [0.15, 0.2) is 0 Å². The molecule has 0 aliphatic carbocycles. The summed E-state index contributed by atoms with van der Waals surface area (Å²) in [5.41, 5.74) is 3.44. The molecule has 0 spiro atoms.